The van der Waals surface area contributed by atoms with Gasteiger partial charge in [0.1, 0.15) is 0 Å². The highest BCUT2D eigenvalue weighted by Crippen LogP contribution is 2.36. The van der Waals surface area contributed by atoms with Crippen molar-refractivity contribution in [2.75, 3.05) is 65.7 Å². The lowest BCUT2D eigenvalue weighted by Crippen LogP contribution is -2.58. The largest absolute Gasteiger partial charge is 0.336 e. The van der Waals surface area contributed by atoms with Gasteiger partial charge in [-0.2, -0.15) is 11.3 Å². The molecule has 7 heteroatoms. The summed E-state index contributed by atoms with van der Waals surface area (Å²) in [5.41, 5.74) is 0.874. The number of fused-ring (bicyclic) bond motifs is 3. The summed E-state index contributed by atoms with van der Waals surface area (Å²) in [6.45, 7) is 6.54. The molecule has 0 aromatic carbocycles. The molecule has 4 rings (SSSR count). The minimum atomic E-state index is -0.0917. The fourth-order valence-electron chi connectivity index (χ4n) is 4.25. The molecule has 3 aliphatic heterocycles. The van der Waals surface area contributed by atoms with E-state index in [0.29, 0.717) is 6.04 Å². The number of anilines is 1. The van der Waals surface area contributed by atoms with Crippen LogP contribution < -0.4 is 10.6 Å². The summed E-state index contributed by atoms with van der Waals surface area (Å²) < 4.78 is 0. The molecule has 0 saturated carbocycles. The lowest BCUT2D eigenvalue weighted by atomic mass is 9.75. The number of hydrogen-bond acceptors (Lipinski definition) is 5. The van der Waals surface area contributed by atoms with Gasteiger partial charge in [0.15, 0.2) is 0 Å². The van der Waals surface area contributed by atoms with Crippen LogP contribution in [0.3, 0.4) is 0 Å². The Kier molecular flexibility index (Phi) is 6.92. The van der Waals surface area contributed by atoms with Crippen LogP contribution in [0.2, 0.25) is 0 Å². The molecule has 4 heterocycles. The van der Waals surface area contributed by atoms with Crippen molar-refractivity contribution < 1.29 is 4.79 Å². The first kappa shape index (κ1) is 19.6. The van der Waals surface area contributed by atoms with Crippen molar-refractivity contribution >= 4 is 23.1 Å². The Morgan fingerprint density at radius 3 is 2.85 bits per heavy atom. The van der Waals surface area contributed by atoms with Gasteiger partial charge in [0, 0.05) is 44.1 Å². The zero-order valence-electron chi connectivity index (χ0n) is 16.3. The van der Waals surface area contributed by atoms with Gasteiger partial charge in [-0.25, -0.2) is 4.79 Å². The minimum absolute atomic E-state index is 0.0917. The van der Waals surface area contributed by atoms with Crippen LogP contribution in [0, 0.1) is 11.8 Å². The third-order valence-electron chi connectivity index (χ3n) is 5.77. The van der Waals surface area contributed by atoms with E-state index in [1.807, 2.05) is 16.8 Å². The van der Waals surface area contributed by atoms with Gasteiger partial charge in [-0.05, 0) is 63.8 Å². The van der Waals surface area contributed by atoms with E-state index in [9.17, 15) is 4.79 Å². The van der Waals surface area contributed by atoms with Gasteiger partial charge in [0.2, 0.25) is 0 Å². The third kappa shape index (κ3) is 5.42. The van der Waals surface area contributed by atoms with E-state index in [1.54, 1.807) is 11.3 Å². The molecule has 3 saturated heterocycles. The van der Waals surface area contributed by atoms with Crippen LogP contribution in [0.1, 0.15) is 12.8 Å². The topological polar surface area (TPSA) is 50.9 Å². The van der Waals surface area contributed by atoms with Gasteiger partial charge in [-0.15, -0.1) is 0 Å². The number of nitrogens with one attached hydrogen (secondary N) is 2. The van der Waals surface area contributed by atoms with Crippen LogP contribution in [0.5, 0.6) is 0 Å². The van der Waals surface area contributed by atoms with E-state index in [2.05, 4.69) is 46.5 Å². The minimum Gasteiger partial charge on any atom is -0.336 e. The van der Waals surface area contributed by atoms with Crippen LogP contribution in [-0.2, 0) is 0 Å². The van der Waals surface area contributed by atoms with Gasteiger partial charge in [-0.1, -0.05) is 0 Å². The monoisotopic (exact) mass is 379 g/mol. The molecule has 146 valence electrons. The Hall–Kier alpha value is -1.15. The van der Waals surface area contributed by atoms with E-state index in [1.165, 1.54) is 32.5 Å². The van der Waals surface area contributed by atoms with E-state index < -0.39 is 0 Å². The fraction of sp³-hybridized carbons (Fsp3) is 0.737. The number of nitrogens with zero attached hydrogens (tertiary/aromatic N) is 3. The summed E-state index contributed by atoms with van der Waals surface area (Å²) in [7, 11) is 6.51. The molecule has 26 heavy (non-hydrogen) atoms. The molecule has 2 N–H and O–H groups in total. The SMILES string of the molecule is CN(C)CCN(C)C[C@H]1CN2CC[C@H]1C[C@@H]2CNC(=O)Nc1ccsc1. The number of thiophene rings is 1. The summed E-state index contributed by atoms with van der Waals surface area (Å²) in [4.78, 5) is 19.4. The van der Waals surface area contributed by atoms with Crippen molar-refractivity contribution in [3.63, 3.8) is 0 Å². The van der Waals surface area contributed by atoms with Gasteiger partial charge in [0.05, 0.1) is 5.69 Å². The quantitative estimate of drug-likeness (QED) is 0.726. The number of likely N-dealkylation sites (N-methyl/N-ethyl adjacent to an activating group) is 2. The number of carbonyl (C=O) groups excluding carboxylic acids is 1. The Morgan fingerprint density at radius 2 is 2.19 bits per heavy atom. The molecule has 0 radical (unpaired) electrons. The lowest BCUT2D eigenvalue weighted by Gasteiger charge is -2.50. The molecule has 6 nitrogen and oxygen atoms in total. The molecule has 3 aliphatic rings. The molecule has 1 aromatic rings. The third-order valence-corrected chi connectivity index (χ3v) is 6.45. The summed E-state index contributed by atoms with van der Waals surface area (Å²) in [6.07, 6.45) is 2.52. The number of carbonyl (C=O) groups is 1. The van der Waals surface area contributed by atoms with E-state index in [4.69, 9.17) is 0 Å². The molecule has 0 aliphatic carbocycles. The Morgan fingerprint density at radius 1 is 1.35 bits per heavy atom. The average Bonchev–Trinajstić information content (AvgIpc) is 3.12. The molecule has 1 aromatic heterocycles. The summed E-state index contributed by atoms with van der Waals surface area (Å²) >= 11 is 1.59. The van der Waals surface area contributed by atoms with Crippen LogP contribution >= 0.6 is 11.3 Å². The van der Waals surface area contributed by atoms with Crippen molar-refractivity contribution in [1.29, 1.82) is 0 Å². The van der Waals surface area contributed by atoms with Gasteiger partial charge in [-0.3, -0.25) is 4.90 Å². The smallest absolute Gasteiger partial charge is 0.319 e. The molecule has 2 bridgehead atoms. The first-order valence-corrected chi connectivity index (χ1v) is 10.6. The summed E-state index contributed by atoms with van der Waals surface area (Å²) in [6, 6.07) is 2.32. The van der Waals surface area contributed by atoms with Crippen molar-refractivity contribution in [2.45, 2.75) is 18.9 Å². The fourth-order valence-corrected chi connectivity index (χ4v) is 4.84. The molecular weight excluding hydrogens is 346 g/mol. The maximum absolute atomic E-state index is 12.0. The van der Waals surface area contributed by atoms with Crippen LogP contribution in [0.4, 0.5) is 10.5 Å². The van der Waals surface area contributed by atoms with Crippen LogP contribution in [0.15, 0.2) is 16.8 Å². The zero-order valence-corrected chi connectivity index (χ0v) is 17.1. The van der Waals surface area contributed by atoms with Crippen LogP contribution in [-0.4, -0.2) is 87.2 Å². The average molecular weight is 380 g/mol. The van der Waals surface area contributed by atoms with Gasteiger partial charge < -0.3 is 20.4 Å². The number of hydrogen-bond donors (Lipinski definition) is 2. The Labute approximate surface area is 161 Å². The normalized spacial score (nSPS) is 27.9. The number of piperidine rings is 3. The maximum Gasteiger partial charge on any atom is 0.319 e. The molecule has 4 atom stereocenters. The standard InChI is InChI=1S/C19H33N5OS/c1-22(2)7-8-23(3)12-16-13-24-6-4-15(16)10-18(24)11-20-19(25)21-17-5-9-26-14-17/h5,9,14-16,18H,4,6-8,10-13H2,1-3H3,(H2,20,21,25)/t15-,16-,18+/m0/s1. The zero-order chi connectivity index (χ0) is 18.5. The highest BCUT2D eigenvalue weighted by molar-refractivity contribution is 7.08. The van der Waals surface area contributed by atoms with E-state index >= 15 is 0 Å². The highest BCUT2D eigenvalue weighted by Gasteiger charge is 2.40. The number of amides is 2. The highest BCUT2D eigenvalue weighted by atomic mass is 32.1. The van der Waals surface area contributed by atoms with Crippen molar-refractivity contribution in [2.24, 2.45) is 11.8 Å². The predicted octanol–water partition coefficient (Wildman–Crippen LogP) is 2.07. The Bertz CT molecular complexity index is 564. The van der Waals surface area contributed by atoms with Crippen molar-refractivity contribution in [1.82, 2.24) is 20.0 Å². The van der Waals surface area contributed by atoms with Gasteiger partial charge in [0.25, 0.3) is 0 Å². The molecular formula is C19H33N5OS. The lowest BCUT2D eigenvalue weighted by molar-refractivity contribution is -0.00849. The molecule has 3 fully saturated rings. The number of urea groups is 1. The summed E-state index contributed by atoms with van der Waals surface area (Å²) in [5, 5.41) is 9.87. The van der Waals surface area contributed by atoms with Gasteiger partial charge >= 0.3 is 6.03 Å². The predicted molar refractivity (Wildman–Crippen MR) is 109 cm³/mol. The van der Waals surface area contributed by atoms with Crippen LogP contribution in [0.25, 0.3) is 0 Å². The maximum atomic E-state index is 12.0. The number of rotatable bonds is 8. The van der Waals surface area contributed by atoms with Crippen molar-refractivity contribution in [3.8, 4) is 0 Å². The second-order valence-electron chi connectivity index (χ2n) is 8.11. The molecule has 2 amide bonds. The first-order chi connectivity index (χ1) is 12.5. The van der Waals surface area contributed by atoms with Crippen molar-refractivity contribution in [3.05, 3.63) is 16.8 Å². The van der Waals surface area contributed by atoms with E-state index in [-0.39, 0.29) is 6.03 Å². The molecule has 0 spiro atoms. The second-order valence-corrected chi connectivity index (χ2v) is 8.89. The summed E-state index contributed by atoms with van der Waals surface area (Å²) in [5.74, 6) is 1.57. The molecule has 1 unspecified atom stereocenters. The Balaban J connectivity index is 1.41. The second kappa shape index (κ2) is 9.17. The van der Waals surface area contributed by atoms with E-state index in [0.717, 1.165) is 37.2 Å². The first-order valence-electron chi connectivity index (χ1n) is 9.65.